The van der Waals surface area contributed by atoms with Crippen LogP contribution in [0.4, 0.5) is 17.2 Å². The number of benzene rings is 1. The molecule has 0 unspecified atom stereocenters. The van der Waals surface area contributed by atoms with Crippen molar-refractivity contribution in [3.05, 3.63) is 72.7 Å². The number of sulfonamides is 1. The number of anilines is 3. The van der Waals surface area contributed by atoms with Gasteiger partial charge in [0.1, 0.15) is 5.82 Å². The molecule has 3 aromatic rings. The van der Waals surface area contributed by atoms with Crippen LogP contribution in [0.3, 0.4) is 0 Å². The minimum absolute atomic E-state index is 0.0824. The Kier molecular flexibility index (Phi) is 5.85. The summed E-state index contributed by atoms with van der Waals surface area (Å²) in [5, 5.41) is 5.71. The highest BCUT2D eigenvalue weighted by Gasteiger charge is 2.14. The number of aromatic nitrogens is 2. The summed E-state index contributed by atoms with van der Waals surface area (Å²) < 4.78 is 27.4. The molecule has 0 bridgehead atoms. The first-order valence-electron chi connectivity index (χ1n) is 8.43. The quantitative estimate of drug-likeness (QED) is 0.565. The van der Waals surface area contributed by atoms with E-state index in [1.165, 1.54) is 37.4 Å². The number of hydrogen-bond donors (Lipinski definition) is 3. The van der Waals surface area contributed by atoms with Crippen LogP contribution in [0.2, 0.25) is 0 Å². The maximum Gasteiger partial charge on any atom is 0.261 e. The molecule has 0 atom stereocenters. The predicted molar refractivity (Wildman–Crippen MR) is 107 cm³/mol. The molecule has 1 amide bonds. The lowest BCUT2D eigenvalue weighted by molar-refractivity contribution is -0.114. The van der Waals surface area contributed by atoms with E-state index in [1.54, 1.807) is 18.3 Å². The van der Waals surface area contributed by atoms with Crippen molar-refractivity contribution in [2.45, 2.75) is 18.4 Å². The van der Waals surface area contributed by atoms with E-state index < -0.39 is 10.0 Å². The molecule has 0 saturated heterocycles. The Labute approximate surface area is 163 Å². The number of hydrogen-bond acceptors (Lipinski definition) is 6. The van der Waals surface area contributed by atoms with Gasteiger partial charge in [0.25, 0.3) is 10.0 Å². The van der Waals surface area contributed by atoms with Gasteiger partial charge in [-0.1, -0.05) is 6.07 Å². The fourth-order valence-electron chi connectivity index (χ4n) is 2.38. The van der Waals surface area contributed by atoms with Crippen LogP contribution < -0.4 is 15.4 Å². The molecular formula is C19H19N5O3S. The Morgan fingerprint density at radius 3 is 2.32 bits per heavy atom. The second-order valence-electron chi connectivity index (χ2n) is 5.92. The van der Waals surface area contributed by atoms with Crippen molar-refractivity contribution in [1.82, 2.24) is 9.97 Å². The van der Waals surface area contributed by atoms with Crippen molar-refractivity contribution in [2.24, 2.45) is 0 Å². The molecule has 28 heavy (non-hydrogen) atoms. The molecule has 3 N–H and O–H groups in total. The minimum Gasteiger partial charge on any atom is -0.364 e. The lowest BCUT2D eigenvalue weighted by Crippen LogP contribution is -2.13. The number of pyridine rings is 2. The lowest BCUT2D eigenvalue weighted by Gasteiger charge is -2.10. The summed E-state index contributed by atoms with van der Waals surface area (Å²) in [6.07, 6.45) is 3.15. The maximum absolute atomic E-state index is 12.5. The lowest BCUT2D eigenvalue weighted by atomic mass is 10.3. The van der Waals surface area contributed by atoms with Gasteiger partial charge in [-0.15, -0.1) is 0 Å². The molecular weight excluding hydrogens is 378 g/mol. The van der Waals surface area contributed by atoms with Crippen LogP contribution in [-0.4, -0.2) is 24.3 Å². The molecule has 0 fully saturated rings. The molecule has 0 saturated carbocycles. The van der Waals surface area contributed by atoms with E-state index in [1.807, 2.05) is 18.2 Å². The van der Waals surface area contributed by atoms with Crippen LogP contribution in [0.1, 0.15) is 12.6 Å². The predicted octanol–water partition coefficient (Wildman–Crippen LogP) is 2.85. The fourth-order valence-corrected chi connectivity index (χ4v) is 3.42. The second kappa shape index (κ2) is 8.49. The van der Waals surface area contributed by atoms with Crippen molar-refractivity contribution in [1.29, 1.82) is 0 Å². The SMILES string of the molecule is CC(=O)Nc1ccc(S(=O)(=O)Nc2ccc(NCc3ccccn3)nc2)cc1. The van der Waals surface area contributed by atoms with Gasteiger partial charge in [0.2, 0.25) is 5.91 Å². The zero-order chi connectivity index (χ0) is 20.0. The van der Waals surface area contributed by atoms with E-state index in [0.717, 1.165) is 5.69 Å². The highest BCUT2D eigenvalue weighted by Crippen LogP contribution is 2.19. The zero-order valence-corrected chi connectivity index (χ0v) is 15.9. The van der Waals surface area contributed by atoms with E-state index in [4.69, 9.17) is 0 Å². The third-order valence-electron chi connectivity index (χ3n) is 3.68. The van der Waals surface area contributed by atoms with Crippen molar-refractivity contribution >= 4 is 33.1 Å². The summed E-state index contributed by atoms with van der Waals surface area (Å²) in [6, 6.07) is 14.8. The molecule has 2 heterocycles. The largest absolute Gasteiger partial charge is 0.364 e. The highest BCUT2D eigenvalue weighted by molar-refractivity contribution is 7.92. The molecule has 0 aliphatic rings. The van der Waals surface area contributed by atoms with Crippen LogP contribution in [0.5, 0.6) is 0 Å². The summed E-state index contributed by atoms with van der Waals surface area (Å²) in [4.78, 5) is 19.5. The van der Waals surface area contributed by atoms with E-state index >= 15 is 0 Å². The standard InChI is InChI=1S/C19H19N5O3S/c1-14(25)23-15-5-8-18(9-6-15)28(26,27)24-17-7-10-19(22-13-17)21-12-16-4-2-3-11-20-16/h2-11,13,24H,12H2,1H3,(H,21,22)(H,23,25). The van der Waals surface area contributed by atoms with E-state index in [0.29, 0.717) is 23.7 Å². The summed E-state index contributed by atoms with van der Waals surface area (Å²) in [6.45, 7) is 1.90. The molecule has 9 heteroatoms. The van der Waals surface area contributed by atoms with Crippen LogP contribution in [-0.2, 0) is 21.4 Å². The molecule has 0 aliphatic heterocycles. The Hall–Kier alpha value is -3.46. The van der Waals surface area contributed by atoms with E-state index in [9.17, 15) is 13.2 Å². The van der Waals surface area contributed by atoms with Gasteiger partial charge in [0.15, 0.2) is 0 Å². The van der Waals surface area contributed by atoms with Gasteiger partial charge in [-0.05, 0) is 48.5 Å². The number of carbonyl (C=O) groups is 1. The van der Waals surface area contributed by atoms with Crippen LogP contribution in [0.25, 0.3) is 0 Å². The van der Waals surface area contributed by atoms with Crippen LogP contribution >= 0.6 is 0 Å². The summed E-state index contributed by atoms with van der Waals surface area (Å²) in [5.74, 6) is 0.379. The average molecular weight is 397 g/mol. The molecule has 0 radical (unpaired) electrons. The monoisotopic (exact) mass is 397 g/mol. The molecule has 0 spiro atoms. The number of nitrogens with zero attached hydrogens (tertiary/aromatic N) is 2. The highest BCUT2D eigenvalue weighted by atomic mass is 32.2. The average Bonchev–Trinajstić information content (AvgIpc) is 2.68. The minimum atomic E-state index is -3.76. The fraction of sp³-hybridized carbons (Fsp3) is 0.105. The van der Waals surface area contributed by atoms with Gasteiger partial charge in [-0.2, -0.15) is 0 Å². The normalized spacial score (nSPS) is 10.9. The van der Waals surface area contributed by atoms with Crippen LogP contribution in [0, 0.1) is 0 Å². The summed E-state index contributed by atoms with van der Waals surface area (Å²) >= 11 is 0. The number of rotatable bonds is 7. The Morgan fingerprint density at radius 2 is 1.71 bits per heavy atom. The molecule has 0 aliphatic carbocycles. The van der Waals surface area contributed by atoms with E-state index in [-0.39, 0.29) is 10.8 Å². The maximum atomic E-state index is 12.5. The second-order valence-corrected chi connectivity index (χ2v) is 7.60. The number of amides is 1. The van der Waals surface area contributed by atoms with E-state index in [2.05, 4.69) is 25.3 Å². The van der Waals surface area contributed by atoms with Crippen LogP contribution in [0.15, 0.2) is 71.9 Å². The van der Waals surface area contributed by atoms with Gasteiger partial charge < -0.3 is 10.6 Å². The van der Waals surface area contributed by atoms with Gasteiger partial charge >= 0.3 is 0 Å². The molecule has 3 rings (SSSR count). The molecule has 1 aromatic carbocycles. The smallest absolute Gasteiger partial charge is 0.261 e. The third-order valence-corrected chi connectivity index (χ3v) is 5.07. The Bertz CT molecular complexity index is 1040. The van der Waals surface area contributed by atoms with Crippen molar-refractivity contribution in [3.8, 4) is 0 Å². The Balaban J connectivity index is 1.63. The van der Waals surface area contributed by atoms with Crippen molar-refractivity contribution in [3.63, 3.8) is 0 Å². The van der Waals surface area contributed by atoms with Gasteiger partial charge in [-0.25, -0.2) is 13.4 Å². The Morgan fingerprint density at radius 1 is 0.964 bits per heavy atom. The summed E-state index contributed by atoms with van der Waals surface area (Å²) in [5.41, 5.74) is 1.74. The van der Waals surface area contributed by atoms with Crippen molar-refractivity contribution < 1.29 is 13.2 Å². The van der Waals surface area contributed by atoms with Gasteiger partial charge in [0, 0.05) is 18.8 Å². The van der Waals surface area contributed by atoms with Gasteiger partial charge in [0.05, 0.1) is 29.0 Å². The zero-order valence-electron chi connectivity index (χ0n) is 15.1. The molecule has 144 valence electrons. The molecule has 2 aromatic heterocycles. The number of carbonyl (C=O) groups excluding carboxylic acids is 1. The summed E-state index contributed by atoms with van der Waals surface area (Å²) in [7, 11) is -3.76. The number of nitrogens with one attached hydrogen (secondary N) is 3. The first-order valence-corrected chi connectivity index (χ1v) is 9.91. The topological polar surface area (TPSA) is 113 Å². The first-order chi connectivity index (χ1) is 13.4. The third kappa shape index (κ3) is 5.27. The first kappa shape index (κ1) is 19.3. The molecule has 8 nitrogen and oxygen atoms in total. The van der Waals surface area contributed by atoms with Gasteiger partial charge in [-0.3, -0.25) is 14.5 Å². The van der Waals surface area contributed by atoms with Crippen molar-refractivity contribution in [2.75, 3.05) is 15.4 Å².